The Labute approximate surface area is 177 Å². The highest BCUT2D eigenvalue weighted by Crippen LogP contribution is 2.35. The largest absolute Gasteiger partial charge is 0.496 e. The number of thiophene rings is 1. The van der Waals surface area contributed by atoms with Gasteiger partial charge in [0.2, 0.25) is 0 Å². The minimum absolute atomic E-state index is 0.739. The Kier molecular flexibility index (Phi) is 5.63. The molecule has 0 aliphatic heterocycles. The van der Waals surface area contributed by atoms with E-state index in [9.17, 15) is 0 Å². The molecule has 3 heterocycles. The molecule has 0 aliphatic carbocycles. The molecule has 138 valence electrons. The van der Waals surface area contributed by atoms with Crippen molar-refractivity contribution in [3.8, 4) is 27.0 Å². The maximum absolute atomic E-state index is 5.47. The van der Waals surface area contributed by atoms with Crippen LogP contribution in [0.5, 0.6) is 5.75 Å². The van der Waals surface area contributed by atoms with Gasteiger partial charge in [0.25, 0.3) is 0 Å². The molecule has 4 rings (SSSR count). The summed E-state index contributed by atoms with van der Waals surface area (Å²) in [5, 5.41) is 14.6. The number of benzene rings is 1. The van der Waals surface area contributed by atoms with Crippen molar-refractivity contribution in [2.24, 2.45) is 7.05 Å². The molecular formula is C18H15BrN4OS3. The molecule has 0 saturated heterocycles. The molecule has 0 fully saturated rings. The molecular weight excluding hydrogens is 464 g/mol. The van der Waals surface area contributed by atoms with Crippen molar-refractivity contribution in [2.45, 2.75) is 10.9 Å². The van der Waals surface area contributed by atoms with Gasteiger partial charge in [0, 0.05) is 22.7 Å². The first-order chi connectivity index (χ1) is 13.2. The normalized spacial score (nSPS) is 11.1. The van der Waals surface area contributed by atoms with Crippen molar-refractivity contribution in [1.29, 1.82) is 0 Å². The summed E-state index contributed by atoms with van der Waals surface area (Å²) in [5.74, 6) is 2.45. The lowest BCUT2D eigenvalue weighted by atomic mass is 10.2. The molecule has 0 amide bonds. The third-order valence-corrected chi connectivity index (χ3v) is 7.21. The monoisotopic (exact) mass is 478 g/mol. The van der Waals surface area contributed by atoms with Gasteiger partial charge in [0.15, 0.2) is 11.0 Å². The summed E-state index contributed by atoms with van der Waals surface area (Å²) in [7, 11) is 3.67. The second-order valence-electron chi connectivity index (χ2n) is 5.62. The predicted molar refractivity (Wildman–Crippen MR) is 116 cm³/mol. The molecule has 9 heteroatoms. The molecule has 0 aliphatic rings. The van der Waals surface area contributed by atoms with Crippen LogP contribution in [-0.4, -0.2) is 26.9 Å². The topological polar surface area (TPSA) is 52.8 Å². The van der Waals surface area contributed by atoms with Crippen LogP contribution in [0.15, 0.2) is 50.7 Å². The van der Waals surface area contributed by atoms with Crippen molar-refractivity contribution in [3.63, 3.8) is 0 Å². The Morgan fingerprint density at radius 3 is 2.89 bits per heavy atom. The van der Waals surface area contributed by atoms with Crippen LogP contribution in [0, 0.1) is 0 Å². The molecule has 27 heavy (non-hydrogen) atoms. The van der Waals surface area contributed by atoms with Gasteiger partial charge in [-0.25, -0.2) is 4.98 Å². The summed E-state index contributed by atoms with van der Waals surface area (Å²) in [6, 6.07) is 10.0. The van der Waals surface area contributed by atoms with E-state index in [0.717, 1.165) is 48.1 Å². The molecule has 3 aromatic heterocycles. The van der Waals surface area contributed by atoms with Gasteiger partial charge < -0.3 is 9.30 Å². The highest BCUT2D eigenvalue weighted by Gasteiger charge is 2.14. The van der Waals surface area contributed by atoms with E-state index in [2.05, 4.69) is 37.6 Å². The van der Waals surface area contributed by atoms with Crippen LogP contribution in [0.25, 0.3) is 21.3 Å². The number of halogens is 1. The molecule has 0 unspecified atom stereocenters. The Bertz CT molecular complexity index is 1060. The molecule has 0 bridgehead atoms. The van der Waals surface area contributed by atoms with Crippen molar-refractivity contribution in [2.75, 3.05) is 7.11 Å². The quantitative estimate of drug-likeness (QED) is 0.331. The number of rotatable bonds is 6. The Morgan fingerprint density at radius 1 is 1.22 bits per heavy atom. The van der Waals surface area contributed by atoms with E-state index in [-0.39, 0.29) is 0 Å². The SMILES string of the molecule is COc1ccc(Br)cc1-c1nc(CSc2nnc(-c3cccs3)n2C)cs1. The van der Waals surface area contributed by atoms with Gasteiger partial charge in [-0.15, -0.1) is 32.9 Å². The van der Waals surface area contributed by atoms with E-state index in [1.165, 1.54) is 0 Å². The van der Waals surface area contributed by atoms with Crippen LogP contribution < -0.4 is 4.74 Å². The smallest absolute Gasteiger partial charge is 0.191 e. The van der Waals surface area contributed by atoms with Crippen LogP contribution >= 0.6 is 50.4 Å². The van der Waals surface area contributed by atoms with E-state index >= 15 is 0 Å². The van der Waals surface area contributed by atoms with Gasteiger partial charge in [0.05, 0.1) is 23.2 Å². The fourth-order valence-electron chi connectivity index (χ4n) is 2.54. The first kappa shape index (κ1) is 18.7. The van der Waals surface area contributed by atoms with Gasteiger partial charge in [-0.2, -0.15) is 0 Å². The summed E-state index contributed by atoms with van der Waals surface area (Å²) in [5.41, 5.74) is 2.01. The summed E-state index contributed by atoms with van der Waals surface area (Å²) in [6.45, 7) is 0. The lowest BCUT2D eigenvalue weighted by molar-refractivity contribution is 0.416. The van der Waals surface area contributed by atoms with E-state index < -0.39 is 0 Å². The Balaban J connectivity index is 1.50. The summed E-state index contributed by atoms with van der Waals surface area (Å²) >= 11 is 8.44. The van der Waals surface area contributed by atoms with E-state index in [1.807, 2.05) is 41.3 Å². The third kappa shape index (κ3) is 3.96. The number of hydrogen-bond acceptors (Lipinski definition) is 7. The summed E-state index contributed by atoms with van der Waals surface area (Å²) in [4.78, 5) is 5.89. The van der Waals surface area contributed by atoms with Crippen molar-refractivity contribution < 1.29 is 4.74 Å². The number of ether oxygens (including phenoxy) is 1. The van der Waals surface area contributed by atoms with E-state index in [1.54, 1.807) is 41.5 Å². The molecule has 0 radical (unpaired) electrons. The van der Waals surface area contributed by atoms with Crippen LogP contribution in [-0.2, 0) is 12.8 Å². The van der Waals surface area contributed by atoms with Gasteiger partial charge >= 0.3 is 0 Å². The number of hydrogen-bond donors (Lipinski definition) is 0. The fraction of sp³-hybridized carbons (Fsp3) is 0.167. The van der Waals surface area contributed by atoms with Crippen LogP contribution in [0.2, 0.25) is 0 Å². The zero-order valence-electron chi connectivity index (χ0n) is 14.5. The fourth-order valence-corrected chi connectivity index (χ4v) is 5.40. The highest BCUT2D eigenvalue weighted by atomic mass is 79.9. The minimum atomic E-state index is 0.739. The maximum Gasteiger partial charge on any atom is 0.191 e. The predicted octanol–water partition coefficient (Wildman–Crippen LogP) is 5.73. The van der Waals surface area contributed by atoms with Crippen molar-refractivity contribution >= 4 is 50.4 Å². The van der Waals surface area contributed by atoms with Gasteiger partial charge in [-0.1, -0.05) is 33.8 Å². The average Bonchev–Trinajstić information content (AvgIpc) is 3.41. The zero-order valence-corrected chi connectivity index (χ0v) is 18.6. The third-order valence-electron chi connectivity index (χ3n) is 3.87. The lowest BCUT2D eigenvalue weighted by Gasteiger charge is -2.06. The number of thioether (sulfide) groups is 1. The molecule has 1 aromatic carbocycles. The standard InChI is InChI=1S/C18H15BrN4OS3/c1-23-16(15-4-3-7-25-15)21-22-18(23)27-10-12-9-26-17(20-12)13-8-11(19)5-6-14(13)24-2/h3-9H,10H2,1-2H3. The molecule has 0 spiro atoms. The van der Waals surface area contributed by atoms with Crippen LogP contribution in [0.3, 0.4) is 0 Å². The average molecular weight is 479 g/mol. The highest BCUT2D eigenvalue weighted by molar-refractivity contribution is 9.10. The van der Waals surface area contributed by atoms with Crippen LogP contribution in [0.4, 0.5) is 0 Å². The van der Waals surface area contributed by atoms with Gasteiger partial charge in [-0.3, -0.25) is 0 Å². The molecule has 0 atom stereocenters. The van der Waals surface area contributed by atoms with E-state index in [0.29, 0.717) is 0 Å². The Hall–Kier alpha value is -1.68. The molecule has 0 saturated carbocycles. The van der Waals surface area contributed by atoms with Crippen LogP contribution in [0.1, 0.15) is 5.69 Å². The van der Waals surface area contributed by atoms with Gasteiger partial charge in [0.1, 0.15) is 10.8 Å². The zero-order chi connectivity index (χ0) is 18.8. The number of aromatic nitrogens is 4. The first-order valence-electron chi connectivity index (χ1n) is 8.00. The molecule has 5 nitrogen and oxygen atoms in total. The maximum atomic E-state index is 5.47. The number of thiazole rings is 1. The molecule has 4 aromatic rings. The molecule has 0 N–H and O–H groups in total. The number of nitrogens with zero attached hydrogens (tertiary/aromatic N) is 4. The van der Waals surface area contributed by atoms with Gasteiger partial charge in [-0.05, 0) is 29.6 Å². The summed E-state index contributed by atoms with van der Waals surface area (Å²) < 4.78 is 8.50. The minimum Gasteiger partial charge on any atom is -0.496 e. The number of methoxy groups -OCH3 is 1. The Morgan fingerprint density at radius 2 is 2.11 bits per heavy atom. The second kappa shape index (κ2) is 8.14. The van der Waals surface area contributed by atoms with Crippen molar-refractivity contribution in [3.05, 3.63) is 51.3 Å². The second-order valence-corrected chi connectivity index (χ2v) is 9.28. The van der Waals surface area contributed by atoms with Crippen molar-refractivity contribution in [1.82, 2.24) is 19.7 Å². The first-order valence-corrected chi connectivity index (χ1v) is 11.5. The lowest BCUT2D eigenvalue weighted by Crippen LogP contribution is -1.94. The summed E-state index contributed by atoms with van der Waals surface area (Å²) in [6.07, 6.45) is 0. The van der Waals surface area contributed by atoms with E-state index in [4.69, 9.17) is 9.72 Å².